The van der Waals surface area contributed by atoms with Crippen molar-refractivity contribution in [3.63, 3.8) is 0 Å². The van der Waals surface area contributed by atoms with Crippen LogP contribution >= 0.6 is 23.2 Å². The zero-order valence-electron chi connectivity index (χ0n) is 7.48. The second-order valence-corrected chi connectivity index (χ2v) is 3.21. The van der Waals surface area contributed by atoms with Crippen molar-refractivity contribution < 1.29 is 0 Å². The third kappa shape index (κ3) is 6.51. The first-order chi connectivity index (χ1) is 5.70. The zero-order chi connectivity index (χ0) is 9.40. The SMILES string of the molecule is C\C(=C/C=C/C=C(\C)CCl)CCl. The molecule has 0 fully saturated rings. The Bertz CT molecular complexity index is 178. The van der Waals surface area contributed by atoms with Crippen LogP contribution in [0.5, 0.6) is 0 Å². The van der Waals surface area contributed by atoms with E-state index < -0.39 is 0 Å². The van der Waals surface area contributed by atoms with E-state index in [1.165, 1.54) is 0 Å². The molecular weight excluding hydrogens is 191 g/mol. The normalized spacial score (nSPS) is 14.3. The van der Waals surface area contributed by atoms with E-state index in [0.717, 1.165) is 11.1 Å². The number of rotatable bonds is 4. The molecule has 12 heavy (non-hydrogen) atoms. The smallest absolute Gasteiger partial charge is 0.0433 e. The van der Waals surface area contributed by atoms with Crippen LogP contribution in [0, 0.1) is 0 Å². The van der Waals surface area contributed by atoms with Gasteiger partial charge in [0.05, 0.1) is 0 Å². The molecule has 0 unspecified atom stereocenters. The Morgan fingerprint density at radius 3 is 1.50 bits per heavy atom. The van der Waals surface area contributed by atoms with Crippen molar-refractivity contribution in [2.75, 3.05) is 11.8 Å². The van der Waals surface area contributed by atoms with Gasteiger partial charge >= 0.3 is 0 Å². The van der Waals surface area contributed by atoms with Gasteiger partial charge in [0, 0.05) is 11.8 Å². The number of hydrogen-bond donors (Lipinski definition) is 0. The number of hydrogen-bond acceptors (Lipinski definition) is 0. The lowest BCUT2D eigenvalue weighted by Crippen LogP contribution is -1.74. The average molecular weight is 205 g/mol. The standard InChI is InChI=1S/C10H14Cl2/c1-9(7-11)5-3-4-6-10(2)8-12/h3-6H,7-8H2,1-2H3/b4-3+,9-5+,10-6+. The van der Waals surface area contributed by atoms with Gasteiger partial charge in [-0.15, -0.1) is 23.2 Å². The lowest BCUT2D eigenvalue weighted by molar-refractivity contribution is 1.39. The summed E-state index contributed by atoms with van der Waals surface area (Å²) in [7, 11) is 0. The Kier molecular flexibility index (Phi) is 7.33. The minimum Gasteiger partial charge on any atom is -0.122 e. The molecule has 0 aromatic heterocycles. The molecule has 0 aromatic carbocycles. The van der Waals surface area contributed by atoms with Crippen molar-refractivity contribution in [2.45, 2.75) is 13.8 Å². The van der Waals surface area contributed by atoms with E-state index in [2.05, 4.69) is 0 Å². The first kappa shape index (κ1) is 11.8. The van der Waals surface area contributed by atoms with E-state index in [0.29, 0.717) is 11.8 Å². The molecule has 0 atom stereocenters. The fraction of sp³-hybridized carbons (Fsp3) is 0.400. The van der Waals surface area contributed by atoms with Gasteiger partial charge in [0.1, 0.15) is 0 Å². The maximum absolute atomic E-state index is 5.58. The van der Waals surface area contributed by atoms with Crippen LogP contribution in [0.3, 0.4) is 0 Å². The Labute approximate surface area is 84.6 Å². The van der Waals surface area contributed by atoms with E-state index in [-0.39, 0.29) is 0 Å². The largest absolute Gasteiger partial charge is 0.122 e. The van der Waals surface area contributed by atoms with Crippen molar-refractivity contribution in [1.82, 2.24) is 0 Å². The molecule has 0 heterocycles. The Morgan fingerprint density at radius 1 is 0.917 bits per heavy atom. The molecule has 0 nitrogen and oxygen atoms in total. The Balaban J connectivity index is 3.93. The van der Waals surface area contributed by atoms with Crippen LogP contribution in [0.2, 0.25) is 0 Å². The fourth-order valence-electron chi connectivity index (χ4n) is 0.529. The molecule has 0 saturated heterocycles. The molecule has 2 heteroatoms. The van der Waals surface area contributed by atoms with Gasteiger partial charge in [0.2, 0.25) is 0 Å². The molecule has 0 N–H and O–H groups in total. The van der Waals surface area contributed by atoms with E-state index in [4.69, 9.17) is 23.2 Å². The quantitative estimate of drug-likeness (QED) is 0.482. The summed E-state index contributed by atoms with van der Waals surface area (Å²) in [4.78, 5) is 0. The molecule has 0 saturated carbocycles. The summed E-state index contributed by atoms with van der Waals surface area (Å²) in [6, 6.07) is 0. The number of alkyl halides is 2. The summed E-state index contributed by atoms with van der Waals surface area (Å²) in [6.07, 6.45) is 7.91. The third-order valence-corrected chi connectivity index (χ3v) is 2.14. The molecular formula is C10H14Cl2. The molecule has 0 bridgehead atoms. The van der Waals surface area contributed by atoms with Crippen LogP contribution in [0.15, 0.2) is 35.5 Å². The van der Waals surface area contributed by atoms with Gasteiger partial charge in [0.25, 0.3) is 0 Å². The van der Waals surface area contributed by atoms with Crippen molar-refractivity contribution in [3.8, 4) is 0 Å². The van der Waals surface area contributed by atoms with Crippen molar-refractivity contribution >= 4 is 23.2 Å². The second-order valence-electron chi connectivity index (χ2n) is 2.68. The molecule has 0 spiro atoms. The van der Waals surface area contributed by atoms with Crippen LogP contribution < -0.4 is 0 Å². The maximum Gasteiger partial charge on any atom is 0.0433 e. The van der Waals surface area contributed by atoms with Crippen molar-refractivity contribution in [1.29, 1.82) is 0 Å². The Hall–Kier alpha value is -0.200. The van der Waals surface area contributed by atoms with Crippen molar-refractivity contribution in [3.05, 3.63) is 35.5 Å². The van der Waals surface area contributed by atoms with E-state index in [1.807, 2.05) is 38.2 Å². The summed E-state index contributed by atoms with van der Waals surface area (Å²) in [5, 5.41) is 0. The highest BCUT2D eigenvalue weighted by Crippen LogP contribution is 1.98. The molecule has 0 radical (unpaired) electrons. The zero-order valence-corrected chi connectivity index (χ0v) is 8.99. The van der Waals surface area contributed by atoms with Gasteiger partial charge in [-0.05, 0) is 13.8 Å². The molecule has 0 aliphatic heterocycles. The number of halogens is 2. The molecule has 0 rings (SSSR count). The predicted molar refractivity (Wildman–Crippen MR) is 58.1 cm³/mol. The molecule has 0 aromatic rings. The predicted octanol–water partition coefficient (Wildman–Crippen LogP) is 3.91. The maximum atomic E-state index is 5.58. The van der Waals surface area contributed by atoms with Gasteiger partial charge in [-0.1, -0.05) is 35.5 Å². The summed E-state index contributed by atoms with van der Waals surface area (Å²) in [6.45, 7) is 3.99. The van der Waals surface area contributed by atoms with Crippen LogP contribution in [0.4, 0.5) is 0 Å². The lowest BCUT2D eigenvalue weighted by Gasteiger charge is -1.88. The summed E-state index contributed by atoms with van der Waals surface area (Å²) in [5.41, 5.74) is 2.31. The van der Waals surface area contributed by atoms with Crippen LogP contribution in [0.1, 0.15) is 13.8 Å². The topological polar surface area (TPSA) is 0 Å². The molecule has 68 valence electrons. The van der Waals surface area contributed by atoms with Crippen LogP contribution in [-0.4, -0.2) is 11.8 Å². The highest BCUT2D eigenvalue weighted by Gasteiger charge is 1.81. The van der Waals surface area contributed by atoms with Crippen molar-refractivity contribution in [2.24, 2.45) is 0 Å². The molecule has 0 aliphatic carbocycles. The molecule has 0 amide bonds. The van der Waals surface area contributed by atoms with Gasteiger partial charge in [-0.3, -0.25) is 0 Å². The second kappa shape index (κ2) is 7.45. The summed E-state index contributed by atoms with van der Waals surface area (Å²) in [5.74, 6) is 1.17. The van der Waals surface area contributed by atoms with Gasteiger partial charge in [-0.2, -0.15) is 0 Å². The van der Waals surface area contributed by atoms with E-state index in [9.17, 15) is 0 Å². The van der Waals surface area contributed by atoms with Crippen LogP contribution in [0.25, 0.3) is 0 Å². The Morgan fingerprint density at radius 2 is 1.25 bits per heavy atom. The minimum atomic E-state index is 0.586. The molecule has 0 aliphatic rings. The van der Waals surface area contributed by atoms with Gasteiger partial charge in [0.15, 0.2) is 0 Å². The fourth-order valence-corrected chi connectivity index (χ4v) is 0.707. The monoisotopic (exact) mass is 204 g/mol. The average Bonchev–Trinajstić information content (AvgIpc) is 2.11. The van der Waals surface area contributed by atoms with E-state index >= 15 is 0 Å². The third-order valence-electron chi connectivity index (χ3n) is 1.29. The summed E-state index contributed by atoms with van der Waals surface area (Å²) < 4.78 is 0. The first-order valence-electron chi connectivity index (χ1n) is 3.82. The number of allylic oxidation sites excluding steroid dienone is 6. The summed E-state index contributed by atoms with van der Waals surface area (Å²) >= 11 is 11.2. The lowest BCUT2D eigenvalue weighted by atomic mass is 10.2. The van der Waals surface area contributed by atoms with E-state index in [1.54, 1.807) is 0 Å². The first-order valence-corrected chi connectivity index (χ1v) is 4.89. The highest BCUT2D eigenvalue weighted by molar-refractivity contribution is 6.19. The highest BCUT2D eigenvalue weighted by atomic mass is 35.5. The minimum absolute atomic E-state index is 0.586. The van der Waals surface area contributed by atoms with Gasteiger partial charge < -0.3 is 0 Å². The van der Waals surface area contributed by atoms with Crippen LogP contribution in [-0.2, 0) is 0 Å². The van der Waals surface area contributed by atoms with Gasteiger partial charge in [-0.25, -0.2) is 0 Å².